The lowest BCUT2D eigenvalue weighted by Gasteiger charge is -2.18. The molecule has 246 valence electrons. The minimum atomic E-state index is -1.64. The van der Waals surface area contributed by atoms with Crippen LogP contribution in [-0.2, 0) is 6.42 Å². The monoisotopic (exact) mass is 664 g/mol. The van der Waals surface area contributed by atoms with E-state index in [-0.39, 0.29) is 39.4 Å². The number of aromatic carboxylic acids is 1. The molecule has 0 spiro atoms. The highest BCUT2D eigenvalue weighted by atomic mass is 32.2. The lowest BCUT2D eigenvalue weighted by molar-refractivity contribution is 0.0662. The van der Waals surface area contributed by atoms with E-state index < -0.39 is 34.9 Å². The van der Waals surface area contributed by atoms with E-state index in [1.807, 2.05) is 13.0 Å². The molecule has 4 N–H and O–H groups in total. The van der Waals surface area contributed by atoms with E-state index in [2.05, 4.69) is 4.74 Å². The fraction of sp³-hybridized carbons (Fsp3) is 0.235. The van der Waals surface area contributed by atoms with Gasteiger partial charge in [0.05, 0.1) is 41.2 Å². The molecule has 12 nitrogen and oxygen atoms in total. The van der Waals surface area contributed by atoms with E-state index >= 15 is 0 Å². The summed E-state index contributed by atoms with van der Waals surface area (Å²) in [4.78, 5) is 47.0. The number of aromatic hydroxyl groups is 1. The van der Waals surface area contributed by atoms with Gasteiger partial charge >= 0.3 is 12.1 Å². The van der Waals surface area contributed by atoms with Crippen LogP contribution in [0.5, 0.6) is 17.4 Å². The molecule has 0 fully saturated rings. The number of carbonyl (C=O) groups is 3. The van der Waals surface area contributed by atoms with Crippen molar-refractivity contribution in [1.29, 1.82) is 0 Å². The number of rotatable bonds is 15. The maximum absolute atomic E-state index is 12.4. The Bertz CT molecular complexity index is 1880. The van der Waals surface area contributed by atoms with Crippen LogP contribution in [0.1, 0.15) is 64.8 Å². The van der Waals surface area contributed by atoms with Gasteiger partial charge in [0.15, 0.2) is 11.2 Å². The Labute approximate surface area is 272 Å². The summed E-state index contributed by atoms with van der Waals surface area (Å²) < 4.78 is 20.9. The summed E-state index contributed by atoms with van der Waals surface area (Å²) in [6.45, 7) is 3.65. The van der Waals surface area contributed by atoms with Gasteiger partial charge in [0.1, 0.15) is 17.1 Å². The normalized spacial score (nSPS) is 12.8. The molecule has 0 bridgehead atoms. The van der Waals surface area contributed by atoms with E-state index in [9.17, 15) is 34.5 Å². The zero-order valence-electron chi connectivity index (χ0n) is 25.4. The summed E-state index contributed by atoms with van der Waals surface area (Å²) in [5.74, 6) is -1.90. The molecule has 47 heavy (non-hydrogen) atoms. The Morgan fingerprint density at radius 1 is 1.06 bits per heavy atom. The number of hydrogen-bond acceptors (Lipinski definition) is 11. The maximum Gasteiger partial charge on any atom is 0.513 e. The number of hydrogen-bond donors (Lipinski definition) is 4. The van der Waals surface area contributed by atoms with Gasteiger partial charge in [-0.15, -0.1) is 11.8 Å². The van der Waals surface area contributed by atoms with Crippen LogP contribution in [0, 0.1) is 0 Å². The van der Waals surface area contributed by atoms with Crippen molar-refractivity contribution in [1.82, 2.24) is 0 Å². The van der Waals surface area contributed by atoms with Crippen molar-refractivity contribution in [3.63, 3.8) is 0 Å². The Kier molecular flexibility index (Phi) is 11.7. The summed E-state index contributed by atoms with van der Waals surface area (Å²) in [7, 11) is 0. The molecule has 0 radical (unpaired) electrons. The van der Waals surface area contributed by atoms with Gasteiger partial charge < -0.3 is 38.7 Å². The SMILES string of the molecule is CCCc1c(OCC/C=C\C=C\[C@H](Sc2ccc3c(=O)cc(OC(=O)O)oc3c2)[C@H](O)c2coc(C(=O)O)c2)ccc(C(C)=O)c1O. The standard InChI is InChI=1S/C34H32O12S/c1-3-8-24-26(13-12-22(19(2)35)32(24)38)43-14-7-5-4-6-9-29(31(37)20-15-28(33(39)40)44-18-20)47-21-10-11-23-25(36)17-30(46-34(41)42)45-27(23)16-21/h4-6,9-13,15-18,29,31,37-38H,3,7-8,14H2,1-2H3,(H,39,40)(H,41,42)/b5-4-,9-6+/t29-,31+/m0/s1. The number of furan rings is 1. The van der Waals surface area contributed by atoms with E-state index in [4.69, 9.17) is 18.7 Å². The molecule has 13 heteroatoms. The van der Waals surface area contributed by atoms with Crippen LogP contribution in [0.25, 0.3) is 11.0 Å². The molecule has 0 aliphatic heterocycles. The summed E-state index contributed by atoms with van der Waals surface area (Å²) in [5, 5.41) is 39.3. The summed E-state index contributed by atoms with van der Waals surface area (Å²) in [5.41, 5.74) is 0.629. The van der Waals surface area contributed by atoms with Crippen molar-refractivity contribution in [3.8, 4) is 17.4 Å². The molecule has 2 atom stereocenters. The molecule has 0 amide bonds. The Balaban J connectivity index is 1.50. The number of aliphatic hydroxyl groups excluding tert-OH is 1. The molecule has 2 aromatic heterocycles. The number of allylic oxidation sites excluding steroid dienone is 2. The van der Waals surface area contributed by atoms with Gasteiger partial charge in [-0.05, 0) is 56.2 Å². The summed E-state index contributed by atoms with van der Waals surface area (Å²) in [6, 6.07) is 10.0. The molecular formula is C34H32O12S. The zero-order valence-corrected chi connectivity index (χ0v) is 26.2. The highest BCUT2D eigenvalue weighted by Gasteiger charge is 2.24. The van der Waals surface area contributed by atoms with Gasteiger partial charge in [0.25, 0.3) is 5.95 Å². The molecule has 2 aromatic carbocycles. The van der Waals surface area contributed by atoms with Crippen molar-refractivity contribution in [2.45, 2.75) is 49.4 Å². The third-order valence-corrected chi connectivity index (χ3v) is 8.04. The van der Waals surface area contributed by atoms with Crippen molar-refractivity contribution in [2.75, 3.05) is 6.61 Å². The van der Waals surface area contributed by atoms with Gasteiger partial charge in [-0.2, -0.15) is 0 Å². The predicted molar refractivity (Wildman–Crippen MR) is 172 cm³/mol. The number of carboxylic acids is 1. The number of carbonyl (C=O) groups excluding carboxylic acids is 1. The number of aliphatic hydroxyl groups is 1. The number of ketones is 1. The van der Waals surface area contributed by atoms with Crippen LogP contribution in [0.3, 0.4) is 0 Å². The number of Topliss-reactive ketones (excluding diaryl/α,β-unsaturated/α-hetero) is 1. The second-order valence-electron chi connectivity index (χ2n) is 10.2. The van der Waals surface area contributed by atoms with Crippen LogP contribution < -0.4 is 14.9 Å². The predicted octanol–water partition coefficient (Wildman–Crippen LogP) is 6.78. The molecule has 0 aliphatic carbocycles. The molecule has 2 heterocycles. The second-order valence-corrected chi connectivity index (χ2v) is 11.5. The quantitative estimate of drug-likeness (QED) is 0.0342. The highest BCUT2D eigenvalue weighted by Crippen LogP contribution is 2.36. The fourth-order valence-electron chi connectivity index (χ4n) is 4.61. The topological polar surface area (TPSA) is 194 Å². The maximum atomic E-state index is 12.4. The van der Waals surface area contributed by atoms with Crippen molar-refractivity contribution in [2.24, 2.45) is 0 Å². The third-order valence-electron chi connectivity index (χ3n) is 6.83. The average molecular weight is 665 g/mol. The van der Waals surface area contributed by atoms with Crippen molar-refractivity contribution >= 4 is 40.6 Å². The Morgan fingerprint density at radius 2 is 1.85 bits per heavy atom. The molecule has 0 saturated carbocycles. The molecule has 0 unspecified atom stereocenters. The minimum absolute atomic E-state index is 0.0619. The van der Waals surface area contributed by atoms with E-state index in [0.29, 0.717) is 35.7 Å². The fourth-order valence-corrected chi connectivity index (χ4v) is 5.70. The molecular weight excluding hydrogens is 632 g/mol. The van der Waals surface area contributed by atoms with Gasteiger partial charge in [-0.3, -0.25) is 9.59 Å². The molecule has 0 aliphatic rings. The lowest BCUT2D eigenvalue weighted by atomic mass is 10.0. The smallest absolute Gasteiger partial charge is 0.507 e. The Morgan fingerprint density at radius 3 is 2.53 bits per heavy atom. The molecule has 4 aromatic rings. The first-order valence-corrected chi connectivity index (χ1v) is 15.3. The molecule has 4 rings (SSSR count). The van der Waals surface area contributed by atoms with Gasteiger partial charge in [0.2, 0.25) is 5.76 Å². The number of carboxylic acid groups (broad SMARTS) is 2. The first-order valence-electron chi connectivity index (χ1n) is 14.5. The van der Waals surface area contributed by atoms with Crippen LogP contribution in [-0.4, -0.2) is 50.2 Å². The van der Waals surface area contributed by atoms with Crippen molar-refractivity contribution in [3.05, 3.63) is 106 Å². The average Bonchev–Trinajstić information content (AvgIpc) is 3.51. The minimum Gasteiger partial charge on any atom is -0.507 e. The van der Waals surface area contributed by atoms with Crippen LogP contribution in [0.15, 0.2) is 91.6 Å². The summed E-state index contributed by atoms with van der Waals surface area (Å²) in [6.07, 6.45) is 7.09. The Hall–Kier alpha value is -5.27. The van der Waals surface area contributed by atoms with Crippen LogP contribution >= 0.6 is 11.8 Å². The first-order chi connectivity index (χ1) is 22.5. The highest BCUT2D eigenvalue weighted by molar-refractivity contribution is 8.00. The first kappa shape index (κ1) is 34.6. The third kappa shape index (κ3) is 8.93. The molecule has 0 saturated heterocycles. The number of thioether (sulfide) groups is 1. The van der Waals surface area contributed by atoms with E-state index in [1.54, 1.807) is 36.4 Å². The van der Waals surface area contributed by atoms with Gasteiger partial charge in [-0.25, -0.2) is 9.59 Å². The number of phenols is 1. The van der Waals surface area contributed by atoms with E-state index in [0.717, 1.165) is 18.8 Å². The van der Waals surface area contributed by atoms with Gasteiger partial charge in [0, 0.05) is 16.0 Å². The van der Waals surface area contributed by atoms with Crippen LogP contribution in [0.4, 0.5) is 4.79 Å². The van der Waals surface area contributed by atoms with E-state index in [1.165, 1.54) is 36.9 Å². The summed E-state index contributed by atoms with van der Waals surface area (Å²) >= 11 is 1.17. The largest absolute Gasteiger partial charge is 0.513 e. The van der Waals surface area contributed by atoms with Gasteiger partial charge in [-0.1, -0.05) is 37.6 Å². The lowest BCUT2D eigenvalue weighted by Crippen LogP contribution is -2.12. The zero-order chi connectivity index (χ0) is 34.1. The van der Waals surface area contributed by atoms with Crippen LogP contribution in [0.2, 0.25) is 0 Å². The van der Waals surface area contributed by atoms with Crippen molar-refractivity contribution < 1.29 is 53.1 Å². The number of fused-ring (bicyclic) bond motifs is 1. The number of benzene rings is 2. The number of ether oxygens (including phenoxy) is 2. The number of phenolic OH excluding ortho intramolecular Hbond substituents is 1. The second kappa shape index (κ2) is 15.8.